The van der Waals surface area contributed by atoms with E-state index in [1.54, 1.807) is 6.26 Å². The molecule has 0 radical (unpaired) electrons. The van der Waals surface area contributed by atoms with Crippen LogP contribution >= 0.6 is 11.8 Å². The molecule has 124 valence electrons. The molecule has 1 saturated heterocycles. The van der Waals surface area contributed by atoms with Crippen molar-refractivity contribution in [2.24, 2.45) is 0 Å². The van der Waals surface area contributed by atoms with Gasteiger partial charge in [-0.1, -0.05) is 11.8 Å². The average Bonchev–Trinajstić information content (AvgIpc) is 2.82. The fourth-order valence-electron chi connectivity index (χ4n) is 2.57. The Kier molecular flexibility index (Phi) is 4.25. The molecule has 0 aliphatic carbocycles. The molecule has 5 N–H and O–H groups in total. The summed E-state index contributed by atoms with van der Waals surface area (Å²) in [6.45, 7) is -0.485. The number of nitrogen functional groups attached to an aromatic ring is 1. The highest BCUT2D eigenvalue weighted by Gasteiger charge is 2.44. The van der Waals surface area contributed by atoms with Gasteiger partial charge in [-0.2, -0.15) is 0 Å². The molecule has 0 aromatic carbocycles. The summed E-state index contributed by atoms with van der Waals surface area (Å²) in [5.41, 5.74) is 5.62. The summed E-state index contributed by atoms with van der Waals surface area (Å²) in [5, 5.41) is 30.1. The number of thioether (sulfide) groups is 1. The van der Waals surface area contributed by atoms with Gasteiger partial charge in [0, 0.05) is 6.07 Å². The molecule has 3 rings (SSSR count). The molecule has 2 aromatic heterocycles. The second-order valence-electron chi connectivity index (χ2n) is 5.10. The van der Waals surface area contributed by atoms with Crippen LogP contribution in [0.5, 0.6) is 0 Å². The maximum Gasteiger partial charge on any atom is 0.254 e. The van der Waals surface area contributed by atoms with Gasteiger partial charge in [0.25, 0.3) is 5.56 Å². The van der Waals surface area contributed by atoms with Crippen molar-refractivity contribution in [3.05, 3.63) is 22.5 Å². The molecule has 23 heavy (non-hydrogen) atoms. The molecule has 0 spiro atoms. The Morgan fingerprint density at radius 1 is 1.35 bits per heavy atom. The van der Waals surface area contributed by atoms with E-state index in [-0.39, 0.29) is 11.5 Å². The fourth-order valence-corrected chi connectivity index (χ4v) is 2.93. The van der Waals surface area contributed by atoms with Gasteiger partial charge in [0.2, 0.25) is 0 Å². The molecule has 1 aliphatic heterocycles. The largest absolute Gasteiger partial charge is 0.394 e. The van der Waals surface area contributed by atoms with Gasteiger partial charge in [-0.3, -0.25) is 9.36 Å². The van der Waals surface area contributed by atoms with Gasteiger partial charge in [0.1, 0.15) is 24.1 Å². The third kappa shape index (κ3) is 2.58. The quantitative estimate of drug-likeness (QED) is 0.396. The first kappa shape index (κ1) is 16.1. The summed E-state index contributed by atoms with van der Waals surface area (Å²) >= 11 is 1.25. The highest BCUT2D eigenvalue weighted by molar-refractivity contribution is 7.98. The first-order chi connectivity index (χ1) is 11.0. The van der Waals surface area contributed by atoms with Crippen LogP contribution in [-0.4, -0.2) is 61.0 Å². The lowest BCUT2D eigenvalue weighted by Gasteiger charge is -2.19. The molecule has 1 aliphatic rings. The van der Waals surface area contributed by atoms with Crippen LogP contribution in [0.1, 0.15) is 6.23 Å². The van der Waals surface area contributed by atoms with Crippen molar-refractivity contribution < 1.29 is 20.1 Å². The molecule has 0 unspecified atom stereocenters. The molecule has 0 amide bonds. The number of nitrogens with two attached hydrogens (primary N) is 1. The first-order valence-electron chi connectivity index (χ1n) is 6.83. The molecule has 9 nitrogen and oxygen atoms in total. The molecular formula is C13H16N4O5S. The standard InChI is InChI=1S/C13H16N4O5S/c1-23-13-15-10(14)5-2-3-7(19)17(11(5)16-13)12-9(21)8(20)6(4-18)22-12/h2-3,6,8-9,12,18,20-21H,4H2,1H3,(H2,14,15,16)/t6-,8-,9-,12-/m1/s1. The number of ether oxygens (including phenoxy) is 1. The first-order valence-corrected chi connectivity index (χ1v) is 8.05. The Hall–Kier alpha value is -1.72. The molecule has 0 saturated carbocycles. The fraction of sp³-hybridized carbons (Fsp3) is 0.462. The van der Waals surface area contributed by atoms with E-state index in [1.807, 2.05) is 0 Å². The van der Waals surface area contributed by atoms with E-state index in [0.717, 1.165) is 4.57 Å². The Morgan fingerprint density at radius 2 is 2.09 bits per heavy atom. The van der Waals surface area contributed by atoms with Crippen molar-refractivity contribution in [3.8, 4) is 0 Å². The lowest BCUT2D eigenvalue weighted by atomic mass is 10.1. The van der Waals surface area contributed by atoms with E-state index in [4.69, 9.17) is 10.5 Å². The van der Waals surface area contributed by atoms with Gasteiger partial charge in [-0.25, -0.2) is 9.97 Å². The van der Waals surface area contributed by atoms with Crippen molar-refractivity contribution in [3.63, 3.8) is 0 Å². The van der Waals surface area contributed by atoms with Crippen LogP contribution in [-0.2, 0) is 4.74 Å². The van der Waals surface area contributed by atoms with Crippen LogP contribution in [0.4, 0.5) is 5.82 Å². The zero-order chi connectivity index (χ0) is 16.7. The predicted octanol–water partition coefficient (Wildman–Crippen LogP) is -1.29. The topological polar surface area (TPSA) is 144 Å². The van der Waals surface area contributed by atoms with Crippen molar-refractivity contribution in [1.82, 2.24) is 14.5 Å². The second-order valence-corrected chi connectivity index (χ2v) is 5.88. The molecular weight excluding hydrogens is 324 g/mol. The SMILES string of the molecule is CSc1nc(N)c2ccc(=O)n([C@@H]3O[C@H](CO)[C@@H](O)[C@H]3O)c2n1. The lowest BCUT2D eigenvalue weighted by Crippen LogP contribution is -2.35. The number of aromatic nitrogens is 3. The maximum absolute atomic E-state index is 12.3. The van der Waals surface area contributed by atoms with Crippen LogP contribution < -0.4 is 11.3 Å². The Morgan fingerprint density at radius 3 is 2.70 bits per heavy atom. The van der Waals surface area contributed by atoms with Crippen LogP contribution in [0.3, 0.4) is 0 Å². The zero-order valence-electron chi connectivity index (χ0n) is 12.2. The van der Waals surface area contributed by atoms with Crippen molar-refractivity contribution in [2.45, 2.75) is 29.7 Å². The van der Waals surface area contributed by atoms with Gasteiger partial charge in [-0.15, -0.1) is 0 Å². The van der Waals surface area contributed by atoms with Gasteiger partial charge >= 0.3 is 0 Å². The van der Waals surface area contributed by atoms with Crippen LogP contribution in [0, 0.1) is 0 Å². The normalized spacial score (nSPS) is 27.7. The second kappa shape index (κ2) is 6.06. The highest BCUT2D eigenvalue weighted by Crippen LogP contribution is 2.31. The molecule has 10 heteroatoms. The van der Waals surface area contributed by atoms with E-state index >= 15 is 0 Å². The molecule has 3 heterocycles. The monoisotopic (exact) mass is 340 g/mol. The number of pyridine rings is 1. The van der Waals surface area contributed by atoms with E-state index in [2.05, 4.69) is 9.97 Å². The number of aliphatic hydroxyl groups is 3. The summed E-state index contributed by atoms with van der Waals surface area (Å²) in [6.07, 6.45) is -3.10. The maximum atomic E-state index is 12.3. The molecule has 4 atom stereocenters. The van der Waals surface area contributed by atoms with Crippen molar-refractivity contribution in [1.29, 1.82) is 0 Å². The van der Waals surface area contributed by atoms with Gasteiger partial charge in [0.15, 0.2) is 17.0 Å². The molecule has 1 fully saturated rings. The van der Waals surface area contributed by atoms with Crippen LogP contribution in [0.15, 0.2) is 22.1 Å². The molecule has 2 aromatic rings. The smallest absolute Gasteiger partial charge is 0.254 e. The average molecular weight is 340 g/mol. The number of rotatable bonds is 3. The summed E-state index contributed by atoms with van der Waals surface area (Å²) < 4.78 is 6.55. The number of fused-ring (bicyclic) bond motifs is 1. The number of nitrogens with zero attached hydrogens (tertiary/aromatic N) is 3. The van der Waals surface area contributed by atoms with E-state index < -0.39 is 36.7 Å². The van der Waals surface area contributed by atoms with E-state index in [9.17, 15) is 20.1 Å². The third-order valence-electron chi connectivity index (χ3n) is 3.75. The number of hydrogen-bond acceptors (Lipinski definition) is 9. The van der Waals surface area contributed by atoms with Crippen molar-refractivity contribution in [2.75, 3.05) is 18.6 Å². The summed E-state index contributed by atoms with van der Waals surface area (Å²) in [5.74, 6) is 0.194. The summed E-state index contributed by atoms with van der Waals surface area (Å²) in [6, 6.07) is 2.75. The number of aliphatic hydroxyl groups excluding tert-OH is 3. The Labute approximate surface area is 134 Å². The predicted molar refractivity (Wildman–Crippen MR) is 83.0 cm³/mol. The van der Waals surface area contributed by atoms with Crippen molar-refractivity contribution >= 4 is 28.6 Å². The minimum Gasteiger partial charge on any atom is -0.394 e. The van der Waals surface area contributed by atoms with Gasteiger partial charge in [-0.05, 0) is 12.3 Å². The van der Waals surface area contributed by atoms with Crippen LogP contribution in [0.25, 0.3) is 11.0 Å². The zero-order valence-corrected chi connectivity index (χ0v) is 13.0. The summed E-state index contributed by atoms with van der Waals surface area (Å²) in [7, 11) is 0. The minimum absolute atomic E-state index is 0.194. The molecule has 0 bridgehead atoms. The lowest BCUT2D eigenvalue weighted by molar-refractivity contribution is -0.0524. The minimum atomic E-state index is -1.38. The Balaban J connectivity index is 2.23. The van der Waals surface area contributed by atoms with E-state index in [0.29, 0.717) is 10.5 Å². The number of hydrogen-bond donors (Lipinski definition) is 4. The third-order valence-corrected chi connectivity index (χ3v) is 4.29. The highest BCUT2D eigenvalue weighted by atomic mass is 32.2. The van der Waals surface area contributed by atoms with E-state index in [1.165, 1.54) is 23.9 Å². The van der Waals surface area contributed by atoms with Gasteiger partial charge in [0.05, 0.1) is 12.0 Å². The number of anilines is 1. The van der Waals surface area contributed by atoms with Crippen LogP contribution in [0.2, 0.25) is 0 Å². The Bertz CT molecular complexity index is 798. The summed E-state index contributed by atoms with van der Waals surface area (Å²) in [4.78, 5) is 20.7. The van der Waals surface area contributed by atoms with Gasteiger partial charge < -0.3 is 25.8 Å².